The van der Waals surface area contributed by atoms with Crippen LogP contribution in [-0.2, 0) is 4.79 Å². The van der Waals surface area contributed by atoms with E-state index in [-0.39, 0.29) is 22.6 Å². The van der Waals surface area contributed by atoms with Gasteiger partial charge in [0.1, 0.15) is 6.04 Å². The molecule has 7 heteroatoms. The molecule has 0 unspecified atom stereocenters. The van der Waals surface area contributed by atoms with Crippen LogP contribution in [0.25, 0.3) is 0 Å². The van der Waals surface area contributed by atoms with Crippen LogP contribution in [0.5, 0.6) is 0 Å². The summed E-state index contributed by atoms with van der Waals surface area (Å²) in [5.74, 6) is -2.91. The Morgan fingerprint density at radius 3 is 2.27 bits per heavy atom. The van der Waals surface area contributed by atoms with Gasteiger partial charge in [0.05, 0.1) is 11.1 Å². The van der Waals surface area contributed by atoms with Crippen LogP contribution in [-0.4, -0.2) is 46.8 Å². The number of aliphatic carboxylic acids is 1. The molecule has 1 aliphatic rings. The van der Waals surface area contributed by atoms with Crippen molar-refractivity contribution < 1.29 is 24.3 Å². The first-order valence-corrected chi connectivity index (χ1v) is 6.74. The van der Waals surface area contributed by atoms with Crippen LogP contribution in [0.2, 0.25) is 0 Å². The highest BCUT2D eigenvalue weighted by atomic mass is 16.4. The molecule has 0 spiro atoms. The largest absolute Gasteiger partial charge is 0.480 e. The van der Waals surface area contributed by atoms with E-state index in [9.17, 15) is 19.2 Å². The second kappa shape index (κ2) is 5.59. The fourth-order valence-electron chi connectivity index (χ4n) is 2.24. The Morgan fingerprint density at radius 2 is 1.73 bits per heavy atom. The lowest BCUT2D eigenvalue weighted by Crippen LogP contribution is -2.44. The maximum absolute atomic E-state index is 12.1. The number of nitrogens with zero attached hydrogens (tertiary/aromatic N) is 1. The van der Waals surface area contributed by atoms with E-state index in [2.05, 4.69) is 5.32 Å². The second-order valence-electron chi connectivity index (χ2n) is 5.46. The predicted octanol–water partition coefficient (Wildman–Crippen LogP) is 0.751. The van der Waals surface area contributed by atoms with Gasteiger partial charge in [-0.2, -0.15) is 0 Å². The molecule has 0 saturated carbocycles. The monoisotopic (exact) mass is 304 g/mol. The van der Waals surface area contributed by atoms with Crippen LogP contribution in [0.15, 0.2) is 18.2 Å². The zero-order chi connectivity index (χ0) is 16.6. The minimum atomic E-state index is -1.13. The van der Waals surface area contributed by atoms with Gasteiger partial charge in [-0.1, -0.05) is 13.8 Å². The molecule has 1 aromatic carbocycles. The number of imide groups is 1. The number of amides is 3. The number of carbonyl (C=O) groups is 4. The molecule has 0 saturated heterocycles. The summed E-state index contributed by atoms with van der Waals surface area (Å²) < 4.78 is 0. The molecule has 0 aromatic heterocycles. The third kappa shape index (κ3) is 2.57. The summed E-state index contributed by atoms with van der Waals surface area (Å²) in [6.45, 7) is 3.36. The SMILES string of the molecule is CC(C)[C@H](NC(=O)c1ccc2c(c1)C(=O)N(C)C2=O)C(=O)O. The van der Waals surface area contributed by atoms with Gasteiger partial charge in [0.25, 0.3) is 17.7 Å². The van der Waals surface area contributed by atoms with Crippen LogP contribution in [0.3, 0.4) is 0 Å². The highest BCUT2D eigenvalue weighted by Gasteiger charge is 2.33. The Balaban J connectivity index is 2.28. The fraction of sp³-hybridized carbons (Fsp3) is 0.333. The highest BCUT2D eigenvalue weighted by molar-refractivity contribution is 6.21. The molecule has 1 heterocycles. The van der Waals surface area contributed by atoms with E-state index < -0.39 is 29.7 Å². The van der Waals surface area contributed by atoms with Gasteiger partial charge in [-0.25, -0.2) is 4.79 Å². The summed E-state index contributed by atoms with van der Waals surface area (Å²) in [5, 5.41) is 11.5. The Hall–Kier alpha value is -2.70. The maximum atomic E-state index is 12.1. The van der Waals surface area contributed by atoms with E-state index in [1.807, 2.05) is 0 Å². The zero-order valence-electron chi connectivity index (χ0n) is 12.4. The molecule has 1 atom stereocenters. The van der Waals surface area contributed by atoms with Crippen LogP contribution < -0.4 is 5.32 Å². The standard InChI is InChI=1S/C15H16N2O5/c1-7(2)11(15(21)22)16-12(18)8-4-5-9-10(6-8)14(20)17(3)13(9)19/h4-7,11H,1-3H3,(H,16,18)(H,21,22)/t11-/m0/s1. The van der Waals surface area contributed by atoms with Crippen molar-refractivity contribution in [2.75, 3.05) is 7.05 Å². The molecule has 2 rings (SSSR count). The van der Waals surface area contributed by atoms with E-state index >= 15 is 0 Å². The van der Waals surface area contributed by atoms with Gasteiger partial charge in [-0.3, -0.25) is 19.3 Å². The molecule has 0 radical (unpaired) electrons. The first kappa shape index (κ1) is 15.7. The fourth-order valence-corrected chi connectivity index (χ4v) is 2.24. The molecule has 7 nitrogen and oxygen atoms in total. The van der Waals surface area contributed by atoms with Gasteiger partial charge in [-0.15, -0.1) is 0 Å². The average molecular weight is 304 g/mol. The lowest BCUT2D eigenvalue weighted by Gasteiger charge is -2.17. The first-order valence-electron chi connectivity index (χ1n) is 6.74. The van der Waals surface area contributed by atoms with Gasteiger partial charge < -0.3 is 10.4 Å². The predicted molar refractivity (Wildman–Crippen MR) is 76.6 cm³/mol. The third-order valence-corrected chi connectivity index (χ3v) is 3.57. The Kier molecular flexibility index (Phi) is 3.99. The van der Waals surface area contributed by atoms with Crippen LogP contribution in [0, 0.1) is 5.92 Å². The summed E-state index contributed by atoms with van der Waals surface area (Å²) in [6.07, 6.45) is 0. The minimum absolute atomic E-state index is 0.141. The molecule has 1 aromatic rings. The third-order valence-electron chi connectivity index (χ3n) is 3.57. The number of fused-ring (bicyclic) bond motifs is 1. The van der Waals surface area contributed by atoms with Crippen molar-refractivity contribution >= 4 is 23.7 Å². The number of carbonyl (C=O) groups excluding carboxylic acids is 3. The van der Waals surface area contributed by atoms with E-state index in [0.717, 1.165) is 4.90 Å². The molecule has 1 aliphatic heterocycles. The van der Waals surface area contributed by atoms with Crippen LogP contribution >= 0.6 is 0 Å². The number of hydrogen-bond acceptors (Lipinski definition) is 4. The molecule has 22 heavy (non-hydrogen) atoms. The van der Waals surface area contributed by atoms with E-state index in [0.29, 0.717) is 0 Å². The van der Waals surface area contributed by atoms with E-state index in [1.165, 1.54) is 25.2 Å². The Bertz CT molecular complexity index is 681. The molecule has 3 amide bonds. The molecule has 0 fully saturated rings. The Morgan fingerprint density at radius 1 is 1.14 bits per heavy atom. The maximum Gasteiger partial charge on any atom is 0.326 e. The quantitative estimate of drug-likeness (QED) is 0.799. The second-order valence-corrected chi connectivity index (χ2v) is 5.46. The number of benzene rings is 1. The number of hydrogen-bond donors (Lipinski definition) is 2. The van der Waals surface area contributed by atoms with Crippen LogP contribution in [0.4, 0.5) is 0 Å². The lowest BCUT2D eigenvalue weighted by molar-refractivity contribution is -0.140. The van der Waals surface area contributed by atoms with Gasteiger partial charge >= 0.3 is 5.97 Å². The number of carboxylic acid groups (broad SMARTS) is 1. The Labute approximate surface area is 126 Å². The molecule has 116 valence electrons. The van der Waals surface area contributed by atoms with Crippen LogP contribution in [0.1, 0.15) is 44.9 Å². The summed E-state index contributed by atoms with van der Waals surface area (Å²) >= 11 is 0. The van der Waals surface area contributed by atoms with Crippen molar-refractivity contribution in [2.24, 2.45) is 5.92 Å². The van der Waals surface area contributed by atoms with Gasteiger partial charge in [0.15, 0.2) is 0 Å². The summed E-state index contributed by atoms with van der Waals surface area (Å²) in [5.41, 5.74) is 0.529. The van der Waals surface area contributed by atoms with Crippen molar-refractivity contribution in [1.29, 1.82) is 0 Å². The van der Waals surface area contributed by atoms with Gasteiger partial charge in [0, 0.05) is 12.6 Å². The summed E-state index contributed by atoms with van der Waals surface area (Å²) in [6, 6.07) is 3.09. The van der Waals surface area contributed by atoms with Crippen molar-refractivity contribution in [2.45, 2.75) is 19.9 Å². The highest BCUT2D eigenvalue weighted by Crippen LogP contribution is 2.22. The number of nitrogens with one attached hydrogen (secondary N) is 1. The number of rotatable bonds is 4. The van der Waals surface area contributed by atoms with E-state index in [4.69, 9.17) is 5.11 Å². The molecule has 2 N–H and O–H groups in total. The molecular formula is C15H16N2O5. The summed E-state index contributed by atoms with van der Waals surface area (Å²) in [7, 11) is 1.36. The molecule has 0 aliphatic carbocycles. The zero-order valence-corrected chi connectivity index (χ0v) is 12.4. The lowest BCUT2D eigenvalue weighted by atomic mass is 10.0. The average Bonchev–Trinajstić information content (AvgIpc) is 2.68. The van der Waals surface area contributed by atoms with Gasteiger partial charge in [-0.05, 0) is 24.1 Å². The topological polar surface area (TPSA) is 104 Å². The first-order chi connectivity index (χ1) is 10.2. The normalized spacial score (nSPS) is 15.0. The van der Waals surface area contributed by atoms with Crippen molar-refractivity contribution in [1.82, 2.24) is 10.2 Å². The number of carboxylic acids is 1. The molecular weight excluding hydrogens is 288 g/mol. The minimum Gasteiger partial charge on any atom is -0.480 e. The van der Waals surface area contributed by atoms with Crippen molar-refractivity contribution in [3.05, 3.63) is 34.9 Å². The molecule has 0 bridgehead atoms. The van der Waals surface area contributed by atoms with E-state index in [1.54, 1.807) is 13.8 Å². The van der Waals surface area contributed by atoms with Crippen molar-refractivity contribution in [3.8, 4) is 0 Å². The van der Waals surface area contributed by atoms with Crippen molar-refractivity contribution in [3.63, 3.8) is 0 Å². The van der Waals surface area contributed by atoms with Gasteiger partial charge in [0.2, 0.25) is 0 Å². The smallest absolute Gasteiger partial charge is 0.326 e. The summed E-state index contributed by atoms with van der Waals surface area (Å²) in [4.78, 5) is 47.9.